The van der Waals surface area contributed by atoms with Gasteiger partial charge in [0, 0.05) is 23.1 Å². The molecule has 0 aliphatic rings. The van der Waals surface area contributed by atoms with Crippen molar-refractivity contribution in [3.63, 3.8) is 0 Å². The van der Waals surface area contributed by atoms with Crippen LogP contribution in [0.25, 0.3) is 0 Å². The summed E-state index contributed by atoms with van der Waals surface area (Å²) in [5, 5.41) is 3.60. The lowest BCUT2D eigenvalue weighted by atomic mass is 10.2. The maximum absolute atomic E-state index is 12.1. The molecule has 0 fully saturated rings. The van der Waals surface area contributed by atoms with Gasteiger partial charge in [0.25, 0.3) is 5.91 Å². The van der Waals surface area contributed by atoms with Crippen LogP contribution in [0.15, 0.2) is 42.5 Å². The van der Waals surface area contributed by atoms with E-state index in [0.717, 1.165) is 17.1 Å². The van der Waals surface area contributed by atoms with Crippen molar-refractivity contribution in [2.24, 2.45) is 0 Å². The number of thioether (sulfide) groups is 1. The lowest BCUT2D eigenvalue weighted by molar-refractivity contribution is -0.127. The summed E-state index contributed by atoms with van der Waals surface area (Å²) in [5.41, 5.74) is 3.50. The van der Waals surface area contributed by atoms with E-state index >= 15 is 0 Å². The van der Waals surface area contributed by atoms with E-state index in [2.05, 4.69) is 36.5 Å². The van der Waals surface area contributed by atoms with Crippen LogP contribution in [0.2, 0.25) is 5.02 Å². The molecule has 0 spiro atoms. The maximum atomic E-state index is 12.1. The number of carbonyl (C=O) groups excluding carboxylic acids is 1. The summed E-state index contributed by atoms with van der Waals surface area (Å²) >= 11 is 7.80. The Morgan fingerprint density at radius 1 is 1.20 bits per heavy atom. The third-order valence-electron chi connectivity index (χ3n) is 3.75. The van der Waals surface area contributed by atoms with Gasteiger partial charge in [0.15, 0.2) is 6.10 Å². The van der Waals surface area contributed by atoms with Gasteiger partial charge < -0.3 is 10.1 Å². The van der Waals surface area contributed by atoms with Crippen molar-refractivity contribution in [2.75, 3.05) is 12.3 Å². The number of benzene rings is 2. The molecular weight excluding hydrogens is 354 g/mol. The molecule has 0 aliphatic carbocycles. The minimum Gasteiger partial charge on any atom is -0.481 e. The van der Waals surface area contributed by atoms with E-state index in [9.17, 15) is 4.79 Å². The number of hydrogen-bond acceptors (Lipinski definition) is 3. The Bertz CT molecular complexity index is 703. The molecular formula is C20H24ClNO2S. The monoisotopic (exact) mass is 377 g/mol. The standard InChI is InChI=1S/C20H24ClNO2S/c1-14-4-6-17(7-5-14)13-25-11-10-22-20(23)16(3)24-18-8-9-19(21)15(2)12-18/h4-9,12,16H,10-11,13H2,1-3H3,(H,22,23)/t16-/m0/s1. The van der Waals surface area contributed by atoms with E-state index < -0.39 is 6.10 Å². The molecule has 0 bridgehead atoms. The average Bonchev–Trinajstić information content (AvgIpc) is 2.59. The zero-order valence-electron chi connectivity index (χ0n) is 14.8. The van der Waals surface area contributed by atoms with Crippen LogP contribution in [0.3, 0.4) is 0 Å². The Hall–Kier alpha value is -1.65. The molecule has 2 aromatic carbocycles. The third-order valence-corrected chi connectivity index (χ3v) is 5.20. The van der Waals surface area contributed by atoms with Gasteiger partial charge in [-0.1, -0.05) is 41.4 Å². The van der Waals surface area contributed by atoms with Crippen LogP contribution in [-0.2, 0) is 10.5 Å². The zero-order valence-corrected chi connectivity index (χ0v) is 16.4. The van der Waals surface area contributed by atoms with E-state index in [-0.39, 0.29) is 5.91 Å². The predicted octanol–water partition coefficient (Wildman–Crippen LogP) is 4.77. The molecule has 1 amide bonds. The SMILES string of the molecule is Cc1ccc(CSCCNC(=O)[C@H](C)Oc2ccc(Cl)c(C)c2)cc1. The fourth-order valence-corrected chi connectivity index (χ4v) is 3.15. The predicted molar refractivity (Wildman–Crippen MR) is 107 cm³/mol. The average molecular weight is 378 g/mol. The van der Waals surface area contributed by atoms with E-state index in [1.54, 1.807) is 30.8 Å². The summed E-state index contributed by atoms with van der Waals surface area (Å²) in [6.45, 7) is 6.37. The number of amides is 1. The van der Waals surface area contributed by atoms with Gasteiger partial charge in [-0.2, -0.15) is 11.8 Å². The fourth-order valence-electron chi connectivity index (χ4n) is 2.21. The Morgan fingerprint density at radius 2 is 1.92 bits per heavy atom. The van der Waals surface area contributed by atoms with Crippen LogP contribution in [0.4, 0.5) is 0 Å². The largest absolute Gasteiger partial charge is 0.481 e. The molecule has 0 saturated heterocycles. The van der Waals surface area contributed by atoms with Crippen molar-refractivity contribution in [2.45, 2.75) is 32.6 Å². The van der Waals surface area contributed by atoms with Gasteiger partial charge >= 0.3 is 0 Å². The summed E-state index contributed by atoms with van der Waals surface area (Å²) in [4.78, 5) is 12.1. The first kappa shape index (κ1) is 19.7. The van der Waals surface area contributed by atoms with Crippen molar-refractivity contribution in [3.8, 4) is 5.75 Å². The number of nitrogens with one attached hydrogen (secondary N) is 1. The van der Waals surface area contributed by atoms with Gasteiger partial charge in [0.05, 0.1) is 0 Å². The quantitative estimate of drug-likeness (QED) is 0.673. The van der Waals surface area contributed by atoms with Crippen molar-refractivity contribution >= 4 is 29.3 Å². The van der Waals surface area contributed by atoms with E-state index in [1.807, 2.05) is 13.0 Å². The smallest absolute Gasteiger partial charge is 0.260 e. The first-order valence-corrected chi connectivity index (χ1v) is 9.83. The first-order valence-electron chi connectivity index (χ1n) is 8.29. The molecule has 3 nitrogen and oxygen atoms in total. The maximum Gasteiger partial charge on any atom is 0.260 e. The van der Waals surface area contributed by atoms with Crippen molar-refractivity contribution in [3.05, 3.63) is 64.2 Å². The summed E-state index contributed by atoms with van der Waals surface area (Å²) in [6.07, 6.45) is -0.539. The molecule has 0 saturated carbocycles. The highest BCUT2D eigenvalue weighted by molar-refractivity contribution is 7.98. The second kappa shape index (κ2) is 9.73. The zero-order chi connectivity index (χ0) is 18.2. The topological polar surface area (TPSA) is 38.3 Å². The van der Waals surface area contributed by atoms with Crippen LogP contribution < -0.4 is 10.1 Å². The molecule has 25 heavy (non-hydrogen) atoms. The molecule has 0 unspecified atom stereocenters. The minimum atomic E-state index is -0.539. The van der Waals surface area contributed by atoms with Crippen molar-refractivity contribution in [1.29, 1.82) is 0 Å². The van der Waals surface area contributed by atoms with Gasteiger partial charge in [-0.25, -0.2) is 0 Å². The summed E-state index contributed by atoms with van der Waals surface area (Å²) in [7, 11) is 0. The molecule has 134 valence electrons. The normalized spacial score (nSPS) is 11.8. The summed E-state index contributed by atoms with van der Waals surface area (Å²) in [6, 6.07) is 13.9. The molecule has 2 rings (SSSR count). The molecule has 0 aliphatic heterocycles. The first-order chi connectivity index (χ1) is 12.0. The van der Waals surface area contributed by atoms with Gasteiger partial charge in [0.2, 0.25) is 0 Å². The number of aryl methyl sites for hydroxylation is 2. The highest BCUT2D eigenvalue weighted by atomic mass is 35.5. The van der Waals surface area contributed by atoms with E-state index in [4.69, 9.17) is 16.3 Å². The van der Waals surface area contributed by atoms with E-state index in [1.165, 1.54) is 11.1 Å². The number of ether oxygens (including phenoxy) is 1. The second-order valence-electron chi connectivity index (χ2n) is 6.00. The van der Waals surface area contributed by atoms with Crippen LogP contribution in [0.1, 0.15) is 23.6 Å². The van der Waals surface area contributed by atoms with Crippen molar-refractivity contribution < 1.29 is 9.53 Å². The number of halogens is 1. The highest BCUT2D eigenvalue weighted by Crippen LogP contribution is 2.21. The minimum absolute atomic E-state index is 0.108. The summed E-state index contributed by atoms with van der Waals surface area (Å²) in [5.74, 6) is 2.36. The Balaban J connectivity index is 1.67. The molecule has 0 heterocycles. The Kier molecular flexibility index (Phi) is 7.66. The van der Waals surface area contributed by atoms with Gasteiger partial charge in [0.1, 0.15) is 5.75 Å². The van der Waals surface area contributed by atoms with Crippen LogP contribution >= 0.6 is 23.4 Å². The molecule has 5 heteroatoms. The lowest BCUT2D eigenvalue weighted by Crippen LogP contribution is -2.37. The van der Waals surface area contributed by atoms with Crippen LogP contribution in [0.5, 0.6) is 5.75 Å². The fraction of sp³-hybridized carbons (Fsp3) is 0.350. The molecule has 0 radical (unpaired) electrons. The number of hydrogen-bond donors (Lipinski definition) is 1. The van der Waals surface area contributed by atoms with Gasteiger partial charge in [-0.05, 0) is 50.1 Å². The Morgan fingerprint density at radius 3 is 2.60 bits per heavy atom. The van der Waals surface area contributed by atoms with Crippen LogP contribution in [0, 0.1) is 13.8 Å². The van der Waals surface area contributed by atoms with Gasteiger partial charge in [-0.3, -0.25) is 4.79 Å². The third kappa shape index (κ3) is 6.63. The molecule has 1 N–H and O–H groups in total. The molecule has 2 aromatic rings. The summed E-state index contributed by atoms with van der Waals surface area (Å²) < 4.78 is 5.67. The van der Waals surface area contributed by atoms with Crippen LogP contribution in [-0.4, -0.2) is 24.3 Å². The molecule has 0 aromatic heterocycles. The molecule has 1 atom stereocenters. The number of carbonyl (C=O) groups is 1. The lowest BCUT2D eigenvalue weighted by Gasteiger charge is -2.15. The van der Waals surface area contributed by atoms with Crippen molar-refractivity contribution in [1.82, 2.24) is 5.32 Å². The highest BCUT2D eigenvalue weighted by Gasteiger charge is 2.14. The van der Waals surface area contributed by atoms with E-state index in [0.29, 0.717) is 17.3 Å². The Labute approximate surface area is 159 Å². The second-order valence-corrected chi connectivity index (χ2v) is 7.51. The number of rotatable bonds is 8. The van der Waals surface area contributed by atoms with Gasteiger partial charge in [-0.15, -0.1) is 0 Å².